The van der Waals surface area contributed by atoms with E-state index in [2.05, 4.69) is 60.7 Å². The van der Waals surface area contributed by atoms with Crippen LogP contribution in [0.1, 0.15) is 12.8 Å². The predicted molar refractivity (Wildman–Crippen MR) is 83.7 cm³/mol. The summed E-state index contributed by atoms with van der Waals surface area (Å²) in [4.78, 5) is 0. The lowest BCUT2D eigenvalue weighted by Crippen LogP contribution is -2.56. The van der Waals surface area contributed by atoms with E-state index < -0.39 is 8.07 Å². The van der Waals surface area contributed by atoms with Crippen LogP contribution < -0.4 is 10.4 Å². The van der Waals surface area contributed by atoms with Gasteiger partial charge in [-0.3, -0.25) is 0 Å². The Bertz CT molecular complexity index is 507. The van der Waals surface area contributed by atoms with Gasteiger partial charge in [0.05, 0.1) is 0 Å². The summed E-state index contributed by atoms with van der Waals surface area (Å²) in [6.45, 7) is 0. The minimum atomic E-state index is -1.45. The fraction of sp³-hybridized carbons (Fsp3) is 0.333. The highest BCUT2D eigenvalue weighted by Crippen LogP contribution is 2.51. The van der Waals surface area contributed by atoms with Crippen LogP contribution in [0.25, 0.3) is 0 Å². The minimum absolute atomic E-state index is 1.03. The van der Waals surface area contributed by atoms with Crippen molar-refractivity contribution in [2.24, 2.45) is 11.8 Å². The Labute approximate surface area is 116 Å². The highest BCUT2D eigenvalue weighted by molar-refractivity contribution is 7.02. The van der Waals surface area contributed by atoms with Crippen molar-refractivity contribution >= 4 is 18.4 Å². The average Bonchev–Trinajstić information content (AvgIpc) is 2.74. The fourth-order valence-electron chi connectivity index (χ4n) is 4.31. The number of hydrogen-bond donors (Lipinski definition) is 0. The Balaban J connectivity index is 1.84. The van der Waals surface area contributed by atoms with E-state index in [-0.39, 0.29) is 0 Å². The molecule has 96 valence electrons. The molecule has 0 amide bonds. The minimum Gasteiger partial charge on any atom is -0.0626 e. The predicted octanol–water partition coefficient (Wildman–Crippen LogP) is 3.29. The van der Waals surface area contributed by atoms with Crippen molar-refractivity contribution in [2.75, 3.05) is 0 Å². The average molecular weight is 264 g/mol. The van der Waals surface area contributed by atoms with Crippen LogP contribution in [0.15, 0.2) is 60.7 Å². The van der Waals surface area contributed by atoms with Crippen molar-refractivity contribution in [3.8, 4) is 0 Å². The third-order valence-corrected chi connectivity index (χ3v) is 10.8. The smallest absolute Gasteiger partial charge is 0.0626 e. The van der Waals surface area contributed by atoms with Gasteiger partial charge in [-0.2, -0.15) is 0 Å². The zero-order valence-electron chi connectivity index (χ0n) is 11.3. The summed E-state index contributed by atoms with van der Waals surface area (Å²) < 4.78 is 0. The first-order valence-electron chi connectivity index (χ1n) is 7.49. The molecule has 0 nitrogen and oxygen atoms in total. The first-order valence-corrected chi connectivity index (χ1v) is 9.91. The summed E-state index contributed by atoms with van der Waals surface area (Å²) in [5.74, 6) is 2.07. The quantitative estimate of drug-likeness (QED) is 0.730. The standard InChI is InChI=1S/C18H20Si/c1-3-7-17(8-4-1)19(18-9-5-2-6-10-18)13-15-11-12-16(15)14-19/h1-10,15-16H,11-14H2/t15-,16+. The van der Waals surface area contributed by atoms with Crippen molar-refractivity contribution in [3.05, 3.63) is 60.7 Å². The first kappa shape index (κ1) is 11.5. The zero-order valence-corrected chi connectivity index (χ0v) is 12.3. The van der Waals surface area contributed by atoms with Gasteiger partial charge in [0.25, 0.3) is 0 Å². The topological polar surface area (TPSA) is 0 Å². The van der Waals surface area contributed by atoms with Gasteiger partial charge in [-0.05, 0) is 23.9 Å². The monoisotopic (exact) mass is 264 g/mol. The molecule has 1 heteroatoms. The zero-order chi connectivity index (χ0) is 12.7. The van der Waals surface area contributed by atoms with Crippen molar-refractivity contribution in [1.29, 1.82) is 0 Å². The number of rotatable bonds is 2. The van der Waals surface area contributed by atoms with Crippen LogP contribution in [0, 0.1) is 11.8 Å². The molecular formula is C18H20Si. The molecule has 2 aromatic rings. The summed E-state index contributed by atoms with van der Waals surface area (Å²) in [6.07, 6.45) is 2.97. The molecule has 2 fully saturated rings. The Kier molecular flexibility index (Phi) is 2.63. The highest BCUT2D eigenvalue weighted by Gasteiger charge is 2.52. The van der Waals surface area contributed by atoms with Crippen LogP contribution in [0.4, 0.5) is 0 Å². The van der Waals surface area contributed by atoms with Gasteiger partial charge in [-0.15, -0.1) is 0 Å². The van der Waals surface area contributed by atoms with Crippen LogP contribution in [0.2, 0.25) is 12.1 Å². The molecule has 2 aromatic carbocycles. The molecule has 1 saturated heterocycles. The van der Waals surface area contributed by atoms with Gasteiger partial charge in [0.1, 0.15) is 8.07 Å². The van der Waals surface area contributed by atoms with Gasteiger partial charge in [-0.1, -0.05) is 83.9 Å². The van der Waals surface area contributed by atoms with Crippen molar-refractivity contribution in [2.45, 2.75) is 24.9 Å². The van der Waals surface area contributed by atoms with E-state index in [0.717, 1.165) is 11.8 Å². The molecule has 0 aromatic heterocycles. The lowest BCUT2D eigenvalue weighted by molar-refractivity contribution is 0.238. The van der Waals surface area contributed by atoms with Crippen LogP contribution in [0.3, 0.4) is 0 Å². The van der Waals surface area contributed by atoms with E-state index >= 15 is 0 Å². The molecule has 2 atom stereocenters. The summed E-state index contributed by atoms with van der Waals surface area (Å²) in [5, 5.41) is 3.33. The Morgan fingerprint density at radius 2 is 1.05 bits per heavy atom. The van der Waals surface area contributed by atoms with Gasteiger partial charge in [0.15, 0.2) is 0 Å². The van der Waals surface area contributed by atoms with Crippen molar-refractivity contribution < 1.29 is 0 Å². The molecular weight excluding hydrogens is 244 g/mol. The molecule has 1 aliphatic heterocycles. The summed E-state index contributed by atoms with van der Waals surface area (Å²) in [7, 11) is -1.45. The van der Waals surface area contributed by atoms with E-state index in [1.54, 1.807) is 10.4 Å². The van der Waals surface area contributed by atoms with E-state index in [1.807, 2.05) is 0 Å². The van der Waals surface area contributed by atoms with E-state index in [9.17, 15) is 0 Å². The largest absolute Gasteiger partial charge is 0.118 e. The van der Waals surface area contributed by atoms with Crippen LogP contribution in [-0.2, 0) is 0 Å². The number of benzene rings is 2. The molecule has 1 saturated carbocycles. The third-order valence-electron chi connectivity index (χ3n) is 5.45. The maximum atomic E-state index is 2.39. The lowest BCUT2D eigenvalue weighted by Gasteiger charge is -2.29. The summed E-state index contributed by atoms with van der Waals surface area (Å²) in [6, 6.07) is 25.8. The molecule has 0 radical (unpaired) electrons. The van der Waals surface area contributed by atoms with Crippen LogP contribution in [0.5, 0.6) is 0 Å². The van der Waals surface area contributed by atoms with Gasteiger partial charge in [0.2, 0.25) is 0 Å². The van der Waals surface area contributed by atoms with E-state index in [1.165, 1.54) is 24.9 Å². The van der Waals surface area contributed by atoms with Crippen molar-refractivity contribution in [1.82, 2.24) is 0 Å². The second-order valence-electron chi connectivity index (χ2n) is 6.32. The molecule has 1 heterocycles. The summed E-state index contributed by atoms with van der Waals surface area (Å²) in [5.41, 5.74) is 0. The molecule has 1 aliphatic carbocycles. The Morgan fingerprint density at radius 3 is 1.42 bits per heavy atom. The Morgan fingerprint density at radius 1 is 0.632 bits per heavy atom. The van der Waals surface area contributed by atoms with Crippen LogP contribution >= 0.6 is 0 Å². The molecule has 19 heavy (non-hydrogen) atoms. The SMILES string of the molecule is c1ccc([Si]2(c3ccccc3)C[C@H]3CC[C@H]3C2)cc1. The van der Waals surface area contributed by atoms with Gasteiger partial charge in [0, 0.05) is 0 Å². The maximum absolute atomic E-state index is 2.39. The van der Waals surface area contributed by atoms with Crippen molar-refractivity contribution in [3.63, 3.8) is 0 Å². The second kappa shape index (κ2) is 4.34. The molecule has 0 spiro atoms. The second-order valence-corrected chi connectivity index (χ2v) is 10.5. The molecule has 0 unspecified atom stereocenters. The van der Waals surface area contributed by atoms with Gasteiger partial charge < -0.3 is 0 Å². The Hall–Kier alpha value is -1.34. The summed E-state index contributed by atoms with van der Waals surface area (Å²) >= 11 is 0. The fourth-order valence-corrected chi connectivity index (χ4v) is 10.3. The number of fused-ring (bicyclic) bond motifs is 1. The van der Waals surface area contributed by atoms with E-state index in [0.29, 0.717) is 0 Å². The maximum Gasteiger partial charge on any atom is 0.118 e. The molecule has 0 bridgehead atoms. The first-order chi connectivity index (χ1) is 9.38. The lowest BCUT2D eigenvalue weighted by atomic mass is 9.77. The van der Waals surface area contributed by atoms with Gasteiger partial charge >= 0.3 is 0 Å². The normalized spacial score (nSPS) is 27.6. The molecule has 0 N–H and O–H groups in total. The van der Waals surface area contributed by atoms with E-state index in [4.69, 9.17) is 0 Å². The molecule has 4 rings (SSSR count). The molecule has 2 aliphatic rings. The van der Waals surface area contributed by atoms with Gasteiger partial charge in [-0.25, -0.2) is 0 Å². The third kappa shape index (κ3) is 1.72. The number of hydrogen-bond acceptors (Lipinski definition) is 0. The van der Waals surface area contributed by atoms with Crippen LogP contribution in [-0.4, -0.2) is 8.07 Å². The highest BCUT2D eigenvalue weighted by atomic mass is 28.3.